The molecule has 0 atom stereocenters. The summed E-state index contributed by atoms with van der Waals surface area (Å²) < 4.78 is 50.2. The van der Waals surface area contributed by atoms with Crippen LogP contribution in [0.3, 0.4) is 0 Å². The van der Waals surface area contributed by atoms with Crippen LogP contribution in [-0.4, -0.2) is 25.4 Å². The predicted molar refractivity (Wildman–Crippen MR) is 88.4 cm³/mol. The number of amides is 1. The van der Waals surface area contributed by atoms with Crippen molar-refractivity contribution < 1.29 is 32.2 Å². The molecule has 138 valence electrons. The van der Waals surface area contributed by atoms with Gasteiger partial charge in [0.2, 0.25) is 0 Å². The largest absolute Gasteiger partial charge is 0.490 e. The highest BCUT2D eigenvalue weighted by molar-refractivity contribution is 6.32. The van der Waals surface area contributed by atoms with Crippen LogP contribution in [0.4, 0.5) is 18.9 Å². The SMILES string of the molecule is CCOc1cc(C=O)cc(Cl)c1OCC(=O)Nc1ccc(F)c(F)c1F. The number of hydrogen-bond acceptors (Lipinski definition) is 4. The second-order valence-electron chi connectivity index (χ2n) is 4.94. The van der Waals surface area contributed by atoms with Gasteiger partial charge >= 0.3 is 0 Å². The molecule has 1 amide bonds. The molecular weight excluding hydrogens is 375 g/mol. The van der Waals surface area contributed by atoms with Crippen molar-refractivity contribution in [3.05, 3.63) is 52.3 Å². The van der Waals surface area contributed by atoms with Crippen molar-refractivity contribution in [3.63, 3.8) is 0 Å². The van der Waals surface area contributed by atoms with E-state index in [0.717, 1.165) is 6.07 Å². The van der Waals surface area contributed by atoms with E-state index in [4.69, 9.17) is 21.1 Å². The van der Waals surface area contributed by atoms with Crippen LogP contribution < -0.4 is 14.8 Å². The van der Waals surface area contributed by atoms with Crippen molar-refractivity contribution in [3.8, 4) is 11.5 Å². The molecule has 2 aromatic rings. The molecule has 9 heteroatoms. The minimum atomic E-state index is -1.70. The Balaban J connectivity index is 2.12. The van der Waals surface area contributed by atoms with Crippen molar-refractivity contribution >= 4 is 29.5 Å². The zero-order valence-corrected chi connectivity index (χ0v) is 14.2. The fraction of sp³-hybridized carbons (Fsp3) is 0.176. The number of anilines is 1. The van der Waals surface area contributed by atoms with Crippen molar-refractivity contribution in [2.45, 2.75) is 6.92 Å². The van der Waals surface area contributed by atoms with E-state index in [1.807, 2.05) is 0 Å². The van der Waals surface area contributed by atoms with Gasteiger partial charge in [0.15, 0.2) is 35.6 Å². The molecule has 0 saturated heterocycles. The third-order valence-corrected chi connectivity index (χ3v) is 3.41. The standard InChI is InChI=1S/C17H13ClF3NO4/c1-2-25-13-6-9(7-23)5-10(18)17(13)26-8-14(24)22-12-4-3-11(19)15(20)16(12)21/h3-7H,2,8H2,1H3,(H,22,24). The molecule has 26 heavy (non-hydrogen) atoms. The van der Waals surface area contributed by atoms with E-state index in [1.165, 1.54) is 12.1 Å². The van der Waals surface area contributed by atoms with Crippen LogP contribution in [0.25, 0.3) is 0 Å². The maximum absolute atomic E-state index is 13.6. The summed E-state index contributed by atoms with van der Waals surface area (Å²) in [5.74, 6) is -5.28. The Bertz CT molecular complexity index is 845. The molecule has 2 aromatic carbocycles. The Morgan fingerprint density at radius 3 is 2.58 bits per heavy atom. The maximum Gasteiger partial charge on any atom is 0.262 e. The first-order chi connectivity index (χ1) is 12.4. The summed E-state index contributed by atoms with van der Waals surface area (Å²) in [6.07, 6.45) is 0.566. The molecule has 0 aliphatic carbocycles. The fourth-order valence-corrected chi connectivity index (χ4v) is 2.28. The molecule has 0 bridgehead atoms. The Morgan fingerprint density at radius 1 is 1.19 bits per heavy atom. The first kappa shape index (κ1) is 19.6. The first-order valence-corrected chi connectivity index (χ1v) is 7.72. The zero-order chi connectivity index (χ0) is 19.3. The minimum absolute atomic E-state index is 0.0139. The van der Waals surface area contributed by atoms with E-state index in [9.17, 15) is 22.8 Å². The van der Waals surface area contributed by atoms with Gasteiger partial charge in [-0.2, -0.15) is 0 Å². The Kier molecular flexibility index (Phi) is 6.46. The predicted octanol–water partition coefficient (Wildman–Crippen LogP) is 3.99. The molecule has 0 heterocycles. The van der Waals surface area contributed by atoms with Crippen molar-refractivity contribution in [2.24, 2.45) is 0 Å². The van der Waals surface area contributed by atoms with Crippen LogP contribution in [0, 0.1) is 17.5 Å². The second-order valence-corrected chi connectivity index (χ2v) is 5.35. The van der Waals surface area contributed by atoms with Gasteiger partial charge in [-0.3, -0.25) is 9.59 Å². The zero-order valence-electron chi connectivity index (χ0n) is 13.4. The molecular formula is C17H13ClF3NO4. The molecule has 2 rings (SSSR count). The number of nitrogens with one attached hydrogen (secondary N) is 1. The van der Waals surface area contributed by atoms with E-state index >= 15 is 0 Å². The Morgan fingerprint density at radius 2 is 1.92 bits per heavy atom. The molecule has 0 fully saturated rings. The van der Waals surface area contributed by atoms with Crippen molar-refractivity contribution in [1.82, 2.24) is 0 Å². The lowest BCUT2D eigenvalue weighted by molar-refractivity contribution is -0.118. The van der Waals surface area contributed by atoms with Crippen molar-refractivity contribution in [2.75, 3.05) is 18.5 Å². The summed E-state index contributed by atoms with van der Waals surface area (Å²) in [5, 5.41) is 2.09. The fourth-order valence-electron chi connectivity index (χ4n) is 2.01. The van der Waals surface area contributed by atoms with Crippen LogP contribution >= 0.6 is 11.6 Å². The van der Waals surface area contributed by atoms with Crippen LogP contribution in [0.1, 0.15) is 17.3 Å². The number of aldehydes is 1. The van der Waals surface area contributed by atoms with Gasteiger partial charge in [-0.15, -0.1) is 0 Å². The summed E-state index contributed by atoms with van der Waals surface area (Å²) in [4.78, 5) is 22.7. The normalized spacial score (nSPS) is 10.3. The summed E-state index contributed by atoms with van der Waals surface area (Å²) >= 11 is 6.01. The summed E-state index contributed by atoms with van der Waals surface area (Å²) in [5.41, 5.74) is -0.288. The van der Waals surface area contributed by atoms with E-state index in [-0.39, 0.29) is 28.7 Å². The van der Waals surface area contributed by atoms with Gasteiger partial charge in [0.25, 0.3) is 5.91 Å². The van der Waals surface area contributed by atoms with Gasteiger partial charge in [0.05, 0.1) is 17.3 Å². The number of hydrogen-bond donors (Lipinski definition) is 1. The highest BCUT2D eigenvalue weighted by Crippen LogP contribution is 2.36. The average molecular weight is 388 g/mol. The Hall–Kier alpha value is -2.74. The smallest absolute Gasteiger partial charge is 0.262 e. The number of benzene rings is 2. The highest BCUT2D eigenvalue weighted by atomic mass is 35.5. The maximum atomic E-state index is 13.6. The summed E-state index contributed by atoms with van der Waals surface area (Å²) in [6, 6.07) is 4.25. The van der Waals surface area contributed by atoms with Crippen LogP contribution in [0.2, 0.25) is 5.02 Å². The monoisotopic (exact) mass is 387 g/mol. The van der Waals surface area contributed by atoms with Crippen LogP contribution in [0.5, 0.6) is 11.5 Å². The second kappa shape index (κ2) is 8.57. The van der Waals surface area contributed by atoms with Gasteiger partial charge in [0, 0.05) is 5.56 Å². The number of halogens is 4. The minimum Gasteiger partial charge on any atom is -0.490 e. The molecule has 5 nitrogen and oxygen atoms in total. The van der Waals surface area contributed by atoms with Crippen molar-refractivity contribution in [1.29, 1.82) is 0 Å². The van der Waals surface area contributed by atoms with Crippen LogP contribution in [-0.2, 0) is 4.79 Å². The lowest BCUT2D eigenvalue weighted by Crippen LogP contribution is -2.21. The Labute approximate surface area is 151 Å². The van der Waals surface area contributed by atoms with E-state index in [0.29, 0.717) is 12.4 Å². The number of ether oxygens (including phenoxy) is 2. The van der Waals surface area contributed by atoms with Gasteiger partial charge in [-0.1, -0.05) is 11.6 Å². The molecule has 0 unspecified atom stereocenters. The summed E-state index contributed by atoms with van der Waals surface area (Å²) in [6.45, 7) is 1.34. The lowest BCUT2D eigenvalue weighted by atomic mass is 10.2. The molecule has 0 radical (unpaired) electrons. The highest BCUT2D eigenvalue weighted by Gasteiger charge is 2.17. The first-order valence-electron chi connectivity index (χ1n) is 7.35. The van der Waals surface area contributed by atoms with Gasteiger partial charge in [0.1, 0.15) is 6.29 Å². The van der Waals surface area contributed by atoms with E-state index in [1.54, 1.807) is 6.92 Å². The lowest BCUT2D eigenvalue weighted by Gasteiger charge is -2.14. The summed E-state index contributed by atoms with van der Waals surface area (Å²) in [7, 11) is 0. The third-order valence-electron chi connectivity index (χ3n) is 3.12. The quantitative estimate of drug-likeness (QED) is 0.576. The molecule has 0 spiro atoms. The van der Waals surface area contributed by atoms with Gasteiger partial charge in [-0.25, -0.2) is 13.2 Å². The molecule has 0 aliphatic rings. The van der Waals surface area contributed by atoms with Gasteiger partial charge in [-0.05, 0) is 31.2 Å². The topological polar surface area (TPSA) is 64.6 Å². The molecule has 0 saturated carbocycles. The number of carbonyl (C=O) groups is 2. The molecule has 0 aliphatic heterocycles. The van der Waals surface area contributed by atoms with Gasteiger partial charge < -0.3 is 14.8 Å². The third kappa shape index (κ3) is 4.45. The average Bonchev–Trinajstić information content (AvgIpc) is 2.61. The van der Waals surface area contributed by atoms with E-state index in [2.05, 4.69) is 5.32 Å². The molecule has 1 N–H and O–H groups in total. The van der Waals surface area contributed by atoms with E-state index < -0.39 is 35.7 Å². The molecule has 0 aromatic heterocycles. The number of carbonyl (C=O) groups excluding carboxylic acids is 2. The van der Waals surface area contributed by atoms with Crippen LogP contribution in [0.15, 0.2) is 24.3 Å². The number of rotatable bonds is 7.